The molecule has 200 valence electrons. The molecule has 0 saturated carbocycles. The van der Waals surface area contributed by atoms with Crippen LogP contribution in [0.2, 0.25) is 5.02 Å². The molecule has 3 N–H and O–H groups in total. The van der Waals surface area contributed by atoms with Gasteiger partial charge in [-0.05, 0) is 37.0 Å². The Morgan fingerprint density at radius 1 is 1.05 bits per heavy atom. The summed E-state index contributed by atoms with van der Waals surface area (Å²) in [6.45, 7) is 10.3. The average molecular weight is 546 g/mol. The van der Waals surface area contributed by atoms with Crippen LogP contribution in [-0.4, -0.2) is 27.9 Å². The SMILES string of the molecule is CC(=O)Nc1ccccc1Cl.CC(C)C.Cc1ccc(CC(=O)NCc2ncc(CCC(=O)O)s2)cc1. The molecule has 0 radical (unpaired) electrons. The number of amides is 2. The minimum atomic E-state index is -0.818. The number of thiazole rings is 1. The molecule has 0 aliphatic heterocycles. The van der Waals surface area contributed by atoms with E-state index in [4.69, 9.17) is 16.7 Å². The molecule has 7 nitrogen and oxygen atoms in total. The van der Waals surface area contributed by atoms with Crippen molar-refractivity contribution in [3.05, 3.63) is 80.8 Å². The normalized spacial score (nSPS) is 9.92. The number of carbonyl (C=O) groups is 3. The van der Waals surface area contributed by atoms with Crippen LogP contribution in [0.25, 0.3) is 0 Å². The van der Waals surface area contributed by atoms with Gasteiger partial charge in [-0.15, -0.1) is 11.3 Å². The molecule has 0 unspecified atom stereocenters. The Bertz CT molecular complexity index is 1130. The van der Waals surface area contributed by atoms with Crippen LogP contribution in [0.1, 0.15) is 55.1 Å². The largest absolute Gasteiger partial charge is 0.481 e. The lowest BCUT2D eigenvalue weighted by Gasteiger charge is -2.03. The summed E-state index contributed by atoms with van der Waals surface area (Å²) in [6.07, 6.45) is 2.60. The van der Waals surface area contributed by atoms with Gasteiger partial charge in [0, 0.05) is 18.0 Å². The van der Waals surface area contributed by atoms with E-state index in [0.717, 1.165) is 21.4 Å². The van der Waals surface area contributed by atoms with Gasteiger partial charge in [-0.2, -0.15) is 0 Å². The number of hydrogen-bond donors (Lipinski definition) is 3. The summed E-state index contributed by atoms with van der Waals surface area (Å²) in [6, 6.07) is 15.0. The van der Waals surface area contributed by atoms with Crippen molar-refractivity contribution < 1.29 is 19.5 Å². The van der Waals surface area contributed by atoms with Crippen LogP contribution >= 0.6 is 22.9 Å². The highest BCUT2D eigenvalue weighted by atomic mass is 35.5. The van der Waals surface area contributed by atoms with E-state index < -0.39 is 5.97 Å². The average Bonchev–Trinajstić information content (AvgIpc) is 3.27. The zero-order chi connectivity index (χ0) is 27.8. The molecular weight excluding hydrogens is 510 g/mol. The predicted molar refractivity (Wildman–Crippen MR) is 151 cm³/mol. The molecule has 37 heavy (non-hydrogen) atoms. The first kappa shape index (κ1) is 31.8. The van der Waals surface area contributed by atoms with Crippen LogP contribution in [0.5, 0.6) is 0 Å². The van der Waals surface area contributed by atoms with Crippen molar-refractivity contribution >= 4 is 46.4 Å². The first-order chi connectivity index (χ1) is 17.5. The van der Waals surface area contributed by atoms with Gasteiger partial charge in [-0.3, -0.25) is 14.4 Å². The molecule has 0 aliphatic carbocycles. The van der Waals surface area contributed by atoms with Gasteiger partial charge in [-0.25, -0.2) is 4.98 Å². The molecule has 0 fully saturated rings. The third-order valence-electron chi connectivity index (χ3n) is 4.29. The molecule has 2 amide bonds. The number of benzene rings is 2. The van der Waals surface area contributed by atoms with Gasteiger partial charge < -0.3 is 15.7 Å². The van der Waals surface area contributed by atoms with E-state index in [-0.39, 0.29) is 18.2 Å². The fourth-order valence-electron chi connectivity index (χ4n) is 2.66. The molecule has 0 saturated heterocycles. The van der Waals surface area contributed by atoms with Crippen molar-refractivity contribution in [3.8, 4) is 0 Å². The highest BCUT2D eigenvalue weighted by molar-refractivity contribution is 7.11. The quantitative estimate of drug-likeness (QED) is 0.308. The van der Waals surface area contributed by atoms with Crippen molar-refractivity contribution in [2.45, 2.75) is 60.4 Å². The molecule has 0 aliphatic rings. The number of carbonyl (C=O) groups excluding carboxylic acids is 2. The summed E-state index contributed by atoms with van der Waals surface area (Å²) in [5, 5.41) is 15.4. The van der Waals surface area contributed by atoms with Crippen molar-refractivity contribution in [2.75, 3.05) is 5.32 Å². The number of aliphatic carboxylic acids is 1. The lowest BCUT2D eigenvalue weighted by Crippen LogP contribution is -2.24. The smallest absolute Gasteiger partial charge is 0.303 e. The van der Waals surface area contributed by atoms with Crippen LogP contribution in [0.4, 0.5) is 5.69 Å². The second-order valence-electron chi connectivity index (χ2n) is 8.95. The third-order valence-corrected chi connectivity index (χ3v) is 5.68. The molecule has 0 bridgehead atoms. The molecule has 2 aromatic carbocycles. The maximum Gasteiger partial charge on any atom is 0.303 e. The Kier molecular flexibility index (Phi) is 14.8. The second kappa shape index (κ2) is 17.3. The number of nitrogens with zero attached hydrogens (tertiary/aromatic N) is 1. The first-order valence-electron chi connectivity index (χ1n) is 12.0. The Hall–Kier alpha value is -3.23. The molecule has 3 aromatic rings. The van der Waals surface area contributed by atoms with E-state index in [1.807, 2.05) is 43.3 Å². The van der Waals surface area contributed by atoms with Gasteiger partial charge in [0.2, 0.25) is 11.8 Å². The molecule has 9 heteroatoms. The monoisotopic (exact) mass is 545 g/mol. The van der Waals surface area contributed by atoms with Crippen LogP contribution in [0, 0.1) is 12.8 Å². The van der Waals surface area contributed by atoms with Crippen LogP contribution in [-0.2, 0) is 33.8 Å². The molecule has 1 aromatic heterocycles. The highest BCUT2D eigenvalue weighted by Crippen LogP contribution is 2.20. The number of hydrogen-bond acceptors (Lipinski definition) is 5. The van der Waals surface area contributed by atoms with Crippen molar-refractivity contribution in [2.24, 2.45) is 5.92 Å². The zero-order valence-corrected chi connectivity index (χ0v) is 23.6. The second-order valence-corrected chi connectivity index (χ2v) is 10.6. The molecule has 3 rings (SSSR count). The van der Waals surface area contributed by atoms with Gasteiger partial charge >= 0.3 is 5.97 Å². The Labute approximate surface area is 228 Å². The number of nitrogens with one attached hydrogen (secondary N) is 2. The zero-order valence-electron chi connectivity index (χ0n) is 22.0. The van der Waals surface area contributed by atoms with Crippen molar-refractivity contribution in [1.29, 1.82) is 0 Å². The molecule has 1 heterocycles. The lowest BCUT2D eigenvalue weighted by molar-refractivity contribution is -0.137. The van der Waals surface area contributed by atoms with Gasteiger partial charge in [0.1, 0.15) is 5.01 Å². The van der Waals surface area contributed by atoms with Gasteiger partial charge in [0.05, 0.1) is 30.1 Å². The minimum Gasteiger partial charge on any atom is -0.481 e. The fourth-order valence-corrected chi connectivity index (χ4v) is 3.70. The maximum atomic E-state index is 11.9. The van der Waals surface area contributed by atoms with E-state index in [9.17, 15) is 14.4 Å². The Balaban J connectivity index is 0.000000379. The van der Waals surface area contributed by atoms with Crippen LogP contribution in [0.3, 0.4) is 0 Å². The van der Waals surface area contributed by atoms with E-state index in [1.54, 1.807) is 18.3 Å². The number of carboxylic acids is 1. The number of aryl methyl sites for hydroxylation is 2. The van der Waals surface area contributed by atoms with Crippen molar-refractivity contribution in [3.63, 3.8) is 0 Å². The number of anilines is 1. The Morgan fingerprint density at radius 2 is 1.68 bits per heavy atom. The Morgan fingerprint density at radius 3 is 2.24 bits per heavy atom. The molecular formula is C28H36ClN3O4S. The number of para-hydroxylation sites is 1. The van der Waals surface area contributed by atoms with E-state index in [0.29, 0.717) is 30.1 Å². The van der Waals surface area contributed by atoms with E-state index >= 15 is 0 Å². The summed E-state index contributed by atoms with van der Waals surface area (Å²) in [5.41, 5.74) is 2.80. The fraction of sp³-hybridized carbons (Fsp3) is 0.357. The predicted octanol–water partition coefficient (Wildman–Crippen LogP) is 6.29. The van der Waals surface area contributed by atoms with Crippen molar-refractivity contribution in [1.82, 2.24) is 10.3 Å². The number of halogens is 1. The highest BCUT2D eigenvalue weighted by Gasteiger charge is 2.07. The standard InChI is InChI=1S/C16H18N2O3S.C8H8ClNO.C4H10/c1-11-2-4-12(5-3-11)8-14(19)17-10-15-18-9-13(22-15)6-7-16(20)21;1-6(11)10-8-5-3-2-4-7(8)9;1-4(2)3/h2-5,9H,6-8,10H2,1H3,(H,17,19)(H,20,21);2-5H,1H3,(H,10,11);4H,1-3H3. The molecule has 0 spiro atoms. The van der Waals surface area contributed by atoms with E-state index in [2.05, 4.69) is 36.4 Å². The molecule has 0 atom stereocenters. The van der Waals surface area contributed by atoms with E-state index in [1.165, 1.54) is 23.8 Å². The summed E-state index contributed by atoms with van der Waals surface area (Å²) < 4.78 is 0. The number of carboxylic acid groups (broad SMARTS) is 1. The summed E-state index contributed by atoms with van der Waals surface area (Å²) >= 11 is 7.19. The van der Waals surface area contributed by atoms with Gasteiger partial charge in [0.25, 0.3) is 0 Å². The van der Waals surface area contributed by atoms with Gasteiger partial charge in [-0.1, -0.05) is 74.3 Å². The van der Waals surface area contributed by atoms with Crippen LogP contribution < -0.4 is 10.6 Å². The summed E-state index contributed by atoms with van der Waals surface area (Å²) in [4.78, 5) is 38.1. The maximum absolute atomic E-state index is 11.9. The third kappa shape index (κ3) is 15.5. The number of aromatic nitrogens is 1. The summed E-state index contributed by atoms with van der Waals surface area (Å²) in [5.74, 6) is -0.148. The van der Waals surface area contributed by atoms with Crippen LogP contribution in [0.15, 0.2) is 54.7 Å². The number of rotatable bonds is 8. The topological polar surface area (TPSA) is 108 Å². The minimum absolute atomic E-state index is 0.0499. The first-order valence-corrected chi connectivity index (χ1v) is 13.2. The summed E-state index contributed by atoms with van der Waals surface area (Å²) in [7, 11) is 0. The van der Waals surface area contributed by atoms with Gasteiger partial charge in [0.15, 0.2) is 0 Å². The lowest BCUT2D eigenvalue weighted by atomic mass is 10.1.